The molecule has 0 N–H and O–H groups in total. The zero-order valence-corrected chi connectivity index (χ0v) is 8.10. The van der Waals surface area contributed by atoms with E-state index >= 15 is 0 Å². The topological polar surface area (TPSA) is 17.1 Å². The fraction of sp³-hybridized carbons (Fsp3) is 0.727. The highest BCUT2D eigenvalue weighted by atomic mass is 16.1. The number of hydrogen-bond acceptors (Lipinski definition) is 1. The van der Waals surface area contributed by atoms with E-state index in [1.807, 2.05) is 0 Å². The van der Waals surface area contributed by atoms with Crippen molar-refractivity contribution >= 4 is 6.29 Å². The van der Waals surface area contributed by atoms with E-state index in [2.05, 4.69) is 19.9 Å². The summed E-state index contributed by atoms with van der Waals surface area (Å²) in [6, 6.07) is 0. The lowest BCUT2D eigenvalue weighted by atomic mass is 9.65. The van der Waals surface area contributed by atoms with Gasteiger partial charge in [0.2, 0.25) is 0 Å². The molecule has 1 fully saturated rings. The van der Waals surface area contributed by atoms with Gasteiger partial charge in [-0.3, -0.25) is 0 Å². The van der Waals surface area contributed by atoms with Crippen molar-refractivity contribution in [1.82, 2.24) is 0 Å². The van der Waals surface area contributed by atoms with Crippen molar-refractivity contribution in [3.63, 3.8) is 0 Å². The van der Waals surface area contributed by atoms with E-state index in [1.54, 1.807) is 0 Å². The lowest BCUT2D eigenvalue weighted by Gasteiger charge is -2.40. The molecule has 0 saturated heterocycles. The van der Waals surface area contributed by atoms with Gasteiger partial charge in [-0.25, -0.2) is 0 Å². The second kappa shape index (κ2) is 3.88. The highest BCUT2D eigenvalue weighted by molar-refractivity contribution is 5.51. The molecule has 0 aromatic rings. The molecular formula is C11H18O. The van der Waals surface area contributed by atoms with Gasteiger partial charge >= 0.3 is 0 Å². The molecule has 0 heterocycles. The maximum atomic E-state index is 10.4. The smallest absolute Gasteiger partial charge is 0.120 e. The van der Waals surface area contributed by atoms with Crippen LogP contribution >= 0.6 is 0 Å². The van der Waals surface area contributed by atoms with Gasteiger partial charge < -0.3 is 4.79 Å². The molecule has 12 heavy (non-hydrogen) atoms. The molecule has 0 atom stereocenters. The van der Waals surface area contributed by atoms with Gasteiger partial charge in [-0.2, -0.15) is 0 Å². The average Bonchev–Trinajstić information content (AvgIpc) is 1.94. The lowest BCUT2D eigenvalue weighted by Crippen LogP contribution is -2.29. The Balaban J connectivity index is 2.44. The van der Waals surface area contributed by atoms with Crippen molar-refractivity contribution in [2.45, 2.75) is 46.0 Å². The Bertz CT molecular complexity index is 183. The van der Waals surface area contributed by atoms with E-state index < -0.39 is 0 Å². The van der Waals surface area contributed by atoms with Gasteiger partial charge in [0.1, 0.15) is 6.29 Å². The van der Waals surface area contributed by atoms with E-state index in [1.165, 1.54) is 24.8 Å². The Morgan fingerprint density at radius 3 is 2.33 bits per heavy atom. The Hall–Kier alpha value is -0.590. The summed E-state index contributed by atoms with van der Waals surface area (Å²) in [6.45, 7) is 4.24. The molecule has 1 aliphatic rings. The minimum Gasteiger partial charge on any atom is -0.303 e. The second-order valence-corrected chi connectivity index (χ2v) is 4.21. The molecule has 0 aromatic carbocycles. The standard InChI is InChI=1S/C11H18O/c1-10(2)4-7-11(8-9-12)5-3-6-11/h4,9H,3,5-8H2,1-2H3. The van der Waals surface area contributed by atoms with Crippen LogP contribution in [0.1, 0.15) is 46.0 Å². The minimum absolute atomic E-state index is 0.360. The van der Waals surface area contributed by atoms with Crippen LogP contribution in [0.4, 0.5) is 0 Å². The molecule has 68 valence electrons. The molecule has 1 nitrogen and oxygen atoms in total. The van der Waals surface area contributed by atoms with Crippen molar-refractivity contribution in [1.29, 1.82) is 0 Å². The van der Waals surface area contributed by atoms with Gasteiger partial charge in [0.05, 0.1) is 0 Å². The van der Waals surface area contributed by atoms with Crippen molar-refractivity contribution < 1.29 is 4.79 Å². The van der Waals surface area contributed by atoms with E-state index in [0.29, 0.717) is 5.41 Å². The molecule has 0 unspecified atom stereocenters. The Labute approximate surface area is 74.9 Å². The molecule has 0 aliphatic heterocycles. The molecule has 1 saturated carbocycles. The number of carbonyl (C=O) groups excluding carboxylic acids is 1. The number of hydrogen-bond donors (Lipinski definition) is 0. The molecule has 0 spiro atoms. The van der Waals surface area contributed by atoms with Crippen LogP contribution in [-0.2, 0) is 4.79 Å². The highest BCUT2D eigenvalue weighted by Gasteiger charge is 2.34. The predicted octanol–water partition coefficient (Wildman–Crippen LogP) is 3.10. The molecule has 0 aromatic heterocycles. The predicted molar refractivity (Wildman–Crippen MR) is 51.0 cm³/mol. The number of aldehydes is 1. The van der Waals surface area contributed by atoms with E-state index in [-0.39, 0.29) is 0 Å². The Morgan fingerprint density at radius 1 is 1.33 bits per heavy atom. The zero-order chi connectivity index (χ0) is 9.03. The third-order valence-electron chi connectivity index (χ3n) is 2.87. The monoisotopic (exact) mass is 166 g/mol. The summed E-state index contributed by atoms with van der Waals surface area (Å²) in [5, 5.41) is 0. The molecular weight excluding hydrogens is 148 g/mol. The average molecular weight is 166 g/mol. The van der Waals surface area contributed by atoms with Gasteiger partial charge in [0.25, 0.3) is 0 Å². The van der Waals surface area contributed by atoms with Crippen LogP contribution in [0.2, 0.25) is 0 Å². The molecule has 0 amide bonds. The fourth-order valence-electron chi connectivity index (χ4n) is 1.77. The van der Waals surface area contributed by atoms with Crippen LogP contribution in [-0.4, -0.2) is 6.29 Å². The first kappa shape index (κ1) is 9.50. The van der Waals surface area contributed by atoms with Crippen LogP contribution in [0.25, 0.3) is 0 Å². The van der Waals surface area contributed by atoms with E-state index in [9.17, 15) is 4.79 Å². The van der Waals surface area contributed by atoms with Crippen molar-refractivity contribution in [2.75, 3.05) is 0 Å². The number of allylic oxidation sites excluding steroid dienone is 2. The third kappa shape index (κ3) is 2.20. The number of carbonyl (C=O) groups is 1. The highest BCUT2D eigenvalue weighted by Crippen LogP contribution is 2.46. The SMILES string of the molecule is CC(C)=CCC1(CC=O)CCC1. The van der Waals surface area contributed by atoms with E-state index in [4.69, 9.17) is 0 Å². The molecule has 1 aliphatic carbocycles. The van der Waals surface area contributed by atoms with Crippen LogP contribution in [0, 0.1) is 5.41 Å². The molecule has 1 heteroatoms. The maximum Gasteiger partial charge on any atom is 0.120 e. The summed E-state index contributed by atoms with van der Waals surface area (Å²) in [4.78, 5) is 10.4. The molecule has 0 radical (unpaired) electrons. The lowest BCUT2D eigenvalue weighted by molar-refractivity contribution is -0.111. The van der Waals surface area contributed by atoms with Crippen LogP contribution in [0.3, 0.4) is 0 Å². The van der Waals surface area contributed by atoms with E-state index in [0.717, 1.165) is 19.1 Å². The second-order valence-electron chi connectivity index (χ2n) is 4.21. The summed E-state index contributed by atoms with van der Waals surface area (Å²) >= 11 is 0. The normalized spacial score (nSPS) is 19.5. The Morgan fingerprint density at radius 2 is 2.00 bits per heavy atom. The summed E-state index contributed by atoms with van der Waals surface area (Å²) in [7, 11) is 0. The van der Waals surface area contributed by atoms with Crippen LogP contribution in [0.15, 0.2) is 11.6 Å². The van der Waals surface area contributed by atoms with Gasteiger partial charge in [-0.15, -0.1) is 0 Å². The molecule has 0 bridgehead atoms. The zero-order valence-electron chi connectivity index (χ0n) is 8.10. The number of rotatable bonds is 4. The minimum atomic E-state index is 0.360. The Kier molecular flexibility index (Phi) is 3.07. The summed E-state index contributed by atoms with van der Waals surface area (Å²) in [5.74, 6) is 0. The summed E-state index contributed by atoms with van der Waals surface area (Å²) in [6.07, 6.45) is 9.01. The van der Waals surface area contributed by atoms with Gasteiger partial charge in [0, 0.05) is 6.42 Å². The van der Waals surface area contributed by atoms with Crippen LogP contribution < -0.4 is 0 Å². The van der Waals surface area contributed by atoms with Crippen molar-refractivity contribution in [2.24, 2.45) is 5.41 Å². The maximum absolute atomic E-state index is 10.4. The van der Waals surface area contributed by atoms with Crippen molar-refractivity contribution in [3.05, 3.63) is 11.6 Å². The summed E-state index contributed by atoms with van der Waals surface area (Å²) in [5.41, 5.74) is 1.73. The fourth-order valence-corrected chi connectivity index (χ4v) is 1.77. The largest absolute Gasteiger partial charge is 0.303 e. The molecule has 1 rings (SSSR count). The van der Waals surface area contributed by atoms with Gasteiger partial charge in [-0.1, -0.05) is 18.1 Å². The third-order valence-corrected chi connectivity index (χ3v) is 2.87. The van der Waals surface area contributed by atoms with Crippen molar-refractivity contribution in [3.8, 4) is 0 Å². The van der Waals surface area contributed by atoms with Gasteiger partial charge in [0.15, 0.2) is 0 Å². The quantitative estimate of drug-likeness (QED) is 0.463. The first-order valence-corrected chi connectivity index (χ1v) is 4.76. The first-order chi connectivity index (χ1) is 5.68. The summed E-state index contributed by atoms with van der Waals surface area (Å²) < 4.78 is 0. The first-order valence-electron chi connectivity index (χ1n) is 4.76. The van der Waals surface area contributed by atoms with Gasteiger partial charge in [-0.05, 0) is 38.5 Å². The van der Waals surface area contributed by atoms with Crippen LogP contribution in [0.5, 0.6) is 0 Å².